The second-order valence-electron chi connectivity index (χ2n) is 4.62. The molecule has 16 heavy (non-hydrogen) atoms. The number of aliphatic hydroxyl groups is 1. The predicted molar refractivity (Wildman–Crippen MR) is 64.9 cm³/mol. The predicted octanol–water partition coefficient (Wildman–Crippen LogP) is 2.20. The third-order valence-corrected chi connectivity index (χ3v) is 3.55. The van der Waals surface area contributed by atoms with Crippen LogP contribution in [0.2, 0.25) is 0 Å². The van der Waals surface area contributed by atoms with Crippen LogP contribution >= 0.6 is 15.9 Å². The highest BCUT2D eigenvalue weighted by Crippen LogP contribution is 2.26. The van der Waals surface area contributed by atoms with Crippen molar-refractivity contribution in [1.82, 2.24) is 4.90 Å². The zero-order valence-corrected chi connectivity index (χ0v) is 10.8. The molecule has 1 aromatic carbocycles. The van der Waals surface area contributed by atoms with Gasteiger partial charge in [0.05, 0.1) is 5.60 Å². The van der Waals surface area contributed by atoms with Crippen molar-refractivity contribution in [2.75, 3.05) is 20.1 Å². The Labute approximate surface area is 103 Å². The van der Waals surface area contributed by atoms with Crippen molar-refractivity contribution in [3.8, 4) is 0 Å². The smallest absolute Gasteiger partial charge is 0.127 e. The summed E-state index contributed by atoms with van der Waals surface area (Å²) in [6, 6.07) is 4.98. The summed E-state index contributed by atoms with van der Waals surface area (Å²) < 4.78 is 14.3. The minimum absolute atomic E-state index is 0.252. The second kappa shape index (κ2) is 4.43. The van der Waals surface area contributed by atoms with Gasteiger partial charge < -0.3 is 10.0 Å². The number of likely N-dealkylation sites (N-methyl/N-ethyl adjacent to an activating group) is 1. The average molecular weight is 288 g/mol. The van der Waals surface area contributed by atoms with E-state index in [0.717, 1.165) is 11.0 Å². The lowest BCUT2D eigenvalue weighted by atomic mass is 9.93. The molecule has 88 valence electrons. The molecule has 1 fully saturated rings. The largest absolute Gasteiger partial charge is 0.388 e. The Morgan fingerprint density at radius 2 is 2.31 bits per heavy atom. The fraction of sp³-hybridized carbons (Fsp3) is 0.500. The molecule has 1 unspecified atom stereocenters. The third-order valence-electron chi connectivity index (χ3n) is 3.06. The van der Waals surface area contributed by atoms with Gasteiger partial charge in [-0.05, 0) is 31.2 Å². The Balaban J connectivity index is 2.14. The van der Waals surface area contributed by atoms with Crippen molar-refractivity contribution in [3.63, 3.8) is 0 Å². The number of hydrogen-bond donors (Lipinski definition) is 1. The van der Waals surface area contributed by atoms with E-state index >= 15 is 0 Å². The lowest BCUT2D eigenvalue weighted by molar-refractivity contribution is 0.0515. The van der Waals surface area contributed by atoms with E-state index in [9.17, 15) is 9.50 Å². The van der Waals surface area contributed by atoms with Gasteiger partial charge in [0.1, 0.15) is 5.82 Å². The number of halogens is 2. The Morgan fingerprint density at radius 1 is 1.56 bits per heavy atom. The number of benzene rings is 1. The number of β-amino-alcohol motifs (C(OH)–C–C–N with tert-alkyl or cyclic N) is 1. The van der Waals surface area contributed by atoms with Crippen LogP contribution in [0.3, 0.4) is 0 Å². The first kappa shape index (κ1) is 12.0. The van der Waals surface area contributed by atoms with Crippen molar-refractivity contribution >= 4 is 15.9 Å². The van der Waals surface area contributed by atoms with Crippen molar-refractivity contribution in [2.45, 2.75) is 18.4 Å². The van der Waals surface area contributed by atoms with E-state index in [0.29, 0.717) is 24.9 Å². The summed E-state index contributed by atoms with van der Waals surface area (Å²) in [4.78, 5) is 2.07. The van der Waals surface area contributed by atoms with Crippen LogP contribution in [0.4, 0.5) is 4.39 Å². The van der Waals surface area contributed by atoms with Gasteiger partial charge in [0.25, 0.3) is 0 Å². The van der Waals surface area contributed by atoms with Crippen LogP contribution in [0.25, 0.3) is 0 Å². The molecular weight excluding hydrogens is 273 g/mol. The van der Waals surface area contributed by atoms with Gasteiger partial charge in [-0.2, -0.15) is 0 Å². The van der Waals surface area contributed by atoms with E-state index in [1.165, 1.54) is 6.07 Å². The van der Waals surface area contributed by atoms with Gasteiger partial charge in [-0.1, -0.05) is 22.0 Å². The maximum absolute atomic E-state index is 13.6. The van der Waals surface area contributed by atoms with Gasteiger partial charge in [0.2, 0.25) is 0 Å². The van der Waals surface area contributed by atoms with E-state index < -0.39 is 5.60 Å². The molecule has 1 aliphatic rings. The van der Waals surface area contributed by atoms with Crippen LogP contribution in [0.15, 0.2) is 22.7 Å². The van der Waals surface area contributed by atoms with E-state index in [2.05, 4.69) is 20.8 Å². The molecule has 0 spiro atoms. The molecule has 1 heterocycles. The monoisotopic (exact) mass is 287 g/mol. The molecule has 1 N–H and O–H groups in total. The first-order valence-electron chi connectivity index (χ1n) is 5.33. The topological polar surface area (TPSA) is 23.5 Å². The van der Waals surface area contributed by atoms with Crippen LogP contribution in [0.5, 0.6) is 0 Å². The van der Waals surface area contributed by atoms with Crippen molar-refractivity contribution in [1.29, 1.82) is 0 Å². The number of hydrogen-bond acceptors (Lipinski definition) is 2. The van der Waals surface area contributed by atoms with Crippen LogP contribution < -0.4 is 0 Å². The summed E-state index contributed by atoms with van der Waals surface area (Å²) in [6.45, 7) is 1.48. The van der Waals surface area contributed by atoms with Crippen molar-refractivity contribution < 1.29 is 9.50 Å². The standard InChI is InChI=1S/C12H15BrFNO/c1-15-5-4-12(16,8-15)7-9-2-3-10(13)6-11(9)14/h2-3,6,16H,4-5,7-8H2,1H3. The highest BCUT2D eigenvalue weighted by molar-refractivity contribution is 9.10. The molecule has 2 rings (SSSR count). The normalized spacial score (nSPS) is 26.2. The van der Waals surface area contributed by atoms with Gasteiger partial charge >= 0.3 is 0 Å². The Kier molecular flexibility index (Phi) is 3.33. The van der Waals surface area contributed by atoms with Crippen LogP contribution in [-0.4, -0.2) is 35.7 Å². The van der Waals surface area contributed by atoms with Gasteiger partial charge in [0, 0.05) is 24.0 Å². The SMILES string of the molecule is CN1CCC(O)(Cc2ccc(Br)cc2F)C1. The Hall–Kier alpha value is -0.450. The number of likely N-dealkylation sites (tertiary alicyclic amines) is 1. The molecule has 1 atom stereocenters. The molecule has 0 bridgehead atoms. The van der Waals surface area contributed by atoms with Crippen LogP contribution in [0.1, 0.15) is 12.0 Å². The molecule has 0 radical (unpaired) electrons. The summed E-state index contributed by atoms with van der Waals surface area (Å²) in [6.07, 6.45) is 1.09. The molecule has 0 aromatic heterocycles. The summed E-state index contributed by atoms with van der Waals surface area (Å²) in [5.74, 6) is -0.252. The first-order valence-corrected chi connectivity index (χ1v) is 6.13. The summed E-state index contributed by atoms with van der Waals surface area (Å²) in [5.41, 5.74) is -0.190. The highest BCUT2D eigenvalue weighted by atomic mass is 79.9. The minimum Gasteiger partial charge on any atom is -0.388 e. The van der Waals surface area contributed by atoms with Crippen LogP contribution in [-0.2, 0) is 6.42 Å². The van der Waals surface area contributed by atoms with Gasteiger partial charge in [-0.15, -0.1) is 0 Å². The van der Waals surface area contributed by atoms with Gasteiger partial charge in [-0.25, -0.2) is 4.39 Å². The van der Waals surface area contributed by atoms with E-state index in [1.807, 2.05) is 7.05 Å². The highest BCUT2D eigenvalue weighted by Gasteiger charge is 2.34. The van der Waals surface area contributed by atoms with Gasteiger partial charge in [-0.3, -0.25) is 0 Å². The molecule has 2 nitrogen and oxygen atoms in total. The average Bonchev–Trinajstić information content (AvgIpc) is 2.52. The molecule has 1 aromatic rings. The molecule has 0 aliphatic carbocycles. The molecule has 0 amide bonds. The fourth-order valence-corrected chi connectivity index (χ4v) is 2.56. The fourth-order valence-electron chi connectivity index (χ4n) is 2.22. The molecule has 4 heteroatoms. The third kappa shape index (κ3) is 2.62. The van der Waals surface area contributed by atoms with E-state index in [1.54, 1.807) is 12.1 Å². The second-order valence-corrected chi connectivity index (χ2v) is 5.54. The summed E-state index contributed by atoms with van der Waals surface area (Å²) >= 11 is 3.22. The quantitative estimate of drug-likeness (QED) is 0.902. The number of nitrogens with zero attached hydrogens (tertiary/aromatic N) is 1. The Morgan fingerprint density at radius 3 is 2.88 bits per heavy atom. The molecule has 0 saturated carbocycles. The van der Waals surface area contributed by atoms with Gasteiger partial charge in [0.15, 0.2) is 0 Å². The lowest BCUT2D eigenvalue weighted by Crippen LogP contribution is -2.34. The molecular formula is C12H15BrFNO. The minimum atomic E-state index is -0.774. The maximum Gasteiger partial charge on any atom is 0.127 e. The summed E-state index contributed by atoms with van der Waals surface area (Å²) in [5, 5.41) is 10.3. The van der Waals surface area contributed by atoms with E-state index in [-0.39, 0.29) is 5.82 Å². The van der Waals surface area contributed by atoms with Crippen molar-refractivity contribution in [3.05, 3.63) is 34.1 Å². The summed E-state index contributed by atoms with van der Waals surface area (Å²) in [7, 11) is 1.97. The zero-order valence-electron chi connectivity index (χ0n) is 9.21. The zero-order chi connectivity index (χ0) is 11.8. The maximum atomic E-state index is 13.6. The first-order chi connectivity index (χ1) is 7.48. The van der Waals surface area contributed by atoms with Crippen molar-refractivity contribution in [2.24, 2.45) is 0 Å². The van der Waals surface area contributed by atoms with E-state index in [4.69, 9.17) is 0 Å². The number of rotatable bonds is 2. The molecule has 1 aliphatic heterocycles. The lowest BCUT2D eigenvalue weighted by Gasteiger charge is -2.22. The van der Waals surface area contributed by atoms with Crippen LogP contribution in [0, 0.1) is 5.82 Å². The Bertz CT molecular complexity index is 399. The molecule has 1 saturated heterocycles.